The first-order valence-electron chi connectivity index (χ1n) is 2.86. The summed E-state index contributed by atoms with van der Waals surface area (Å²) in [5, 5.41) is 0. The molecule has 5 heteroatoms. The number of rotatable bonds is 2. The monoisotopic (exact) mass is 174 g/mol. The van der Waals surface area contributed by atoms with E-state index in [4.69, 9.17) is 14.2 Å². The topological polar surface area (TPSA) is 70.7 Å². The summed E-state index contributed by atoms with van der Waals surface area (Å²) in [7, 11) is -4.05. The molecular formula is C6H7O4P. The van der Waals surface area contributed by atoms with E-state index in [2.05, 4.69) is 0 Å². The first-order valence-corrected chi connectivity index (χ1v) is 4.54. The van der Waals surface area contributed by atoms with Crippen LogP contribution in [0.5, 0.6) is 0 Å². The van der Waals surface area contributed by atoms with E-state index >= 15 is 0 Å². The maximum absolute atomic E-state index is 10.3. The Balaban J connectivity index is 2.71. The molecule has 0 aliphatic rings. The third kappa shape index (κ3) is 3.18. The van der Waals surface area contributed by atoms with Gasteiger partial charge in [0.25, 0.3) is 0 Å². The summed E-state index contributed by atoms with van der Waals surface area (Å²) in [4.78, 5) is 16.8. The number of hydrogen-bond donors (Lipinski definition) is 2. The zero-order chi connectivity index (χ0) is 8.32. The second-order valence-corrected chi connectivity index (χ2v) is 3.40. The molecule has 11 heavy (non-hydrogen) atoms. The zero-order valence-electron chi connectivity index (χ0n) is 5.54. The van der Waals surface area contributed by atoms with E-state index in [1.165, 1.54) is 12.3 Å². The van der Waals surface area contributed by atoms with Crippen molar-refractivity contribution in [2.45, 2.75) is 0 Å². The molecule has 0 bridgehead atoms. The second kappa shape index (κ2) is 3.05. The van der Waals surface area contributed by atoms with Gasteiger partial charge in [0.2, 0.25) is 0 Å². The van der Waals surface area contributed by atoms with Gasteiger partial charge in [-0.05, 0) is 18.2 Å². The van der Waals surface area contributed by atoms with Crippen LogP contribution in [0.4, 0.5) is 0 Å². The van der Waals surface area contributed by atoms with E-state index in [0.29, 0.717) is 5.76 Å². The van der Waals surface area contributed by atoms with Gasteiger partial charge in [0.15, 0.2) is 0 Å². The lowest BCUT2D eigenvalue weighted by Crippen LogP contribution is -1.68. The summed E-state index contributed by atoms with van der Waals surface area (Å²) < 4.78 is 15.1. The summed E-state index contributed by atoms with van der Waals surface area (Å²) in [6, 6.07) is 3.24. The molecule has 0 aliphatic heterocycles. The largest absolute Gasteiger partial charge is 0.465 e. The summed E-state index contributed by atoms with van der Waals surface area (Å²) in [6.07, 6.45) is 2.67. The van der Waals surface area contributed by atoms with Crippen molar-refractivity contribution >= 4 is 13.7 Å². The normalized spacial score (nSPS) is 12.5. The molecule has 0 radical (unpaired) electrons. The Hall–Kier alpha value is -0.830. The molecule has 0 amide bonds. The van der Waals surface area contributed by atoms with Gasteiger partial charge >= 0.3 is 7.60 Å². The second-order valence-electron chi connectivity index (χ2n) is 1.92. The average molecular weight is 174 g/mol. The van der Waals surface area contributed by atoms with Crippen LogP contribution in [-0.2, 0) is 4.57 Å². The Morgan fingerprint density at radius 2 is 2.27 bits per heavy atom. The summed E-state index contributed by atoms with van der Waals surface area (Å²) in [5.74, 6) is 1.22. The predicted molar refractivity (Wildman–Crippen MR) is 39.8 cm³/mol. The third-order valence-electron chi connectivity index (χ3n) is 0.976. The van der Waals surface area contributed by atoms with Gasteiger partial charge in [-0.15, -0.1) is 0 Å². The molecule has 2 N–H and O–H groups in total. The summed E-state index contributed by atoms with van der Waals surface area (Å²) in [6.45, 7) is 0. The van der Waals surface area contributed by atoms with Crippen LogP contribution in [0.3, 0.4) is 0 Å². The lowest BCUT2D eigenvalue weighted by atomic mass is 10.5. The minimum Gasteiger partial charge on any atom is -0.465 e. The lowest BCUT2D eigenvalue weighted by molar-refractivity contribution is 0.386. The maximum atomic E-state index is 10.3. The molecule has 0 atom stereocenters. The Bertz CT molecular complexity index is 282. The fraction of sp³-hybridized carbons (Fsp3) is 0. The molecule has 0 fully saturated rings. The van der Waals surface area contributed by atoms with E-state index in [1.54, 1.807) is 12.1 Å². The molecule has 0 aromatic carbocycles. The number of hydrogen-bond acceptors (Lipinski definition) is 2. The molecule has 4 nitrogen and oxygen atoms in total. The first kappa shape index (κ1) is 8.27. The molecule has 0 spiro atoms. The lowest BCUT2D eigenvalue weighted by Gasteiger charge is -1.91. The van der Waals surface area contributed by atoms with Crippen LogP contribution in [-0.4, -0.2) is 9.79 Å². The van der Waals surface area contributed by atoms with Crippen molar-refractivity contribution in [1.29, 1.82) is 0 Å². The van der Waals surface area contributed by atoms with Gasteiger partial charge in [-0.3, -0.25) is 4.57 Å². The van der Waals surface area contributed by atoms with Crippen LogP contribution in [0, 0.1) is 0 Å². The minimum absolute atomic E-state index is 0.424. The van der Waals surface area contributed by atoms with Gasteiger partial charge in [-0.25, -0.2) is 0 Å². The van der Waals surface area contributed by atoms with Crippen LogP contribution in [0.25, 0.3) is 6.08 Å². The summed E-state index contributed by atoms with van der Waals surface area (Å²) >= 11 is 0. The highest BCUT2D eigenvalue weighted by Gasteiger charge is 2.05. The molecule has 0 saturated heterocycles. The van der Waals surface area contributed by atoms with Crippen molar-refractivity contribution in [2.75, 3.05) is 0 Å². The zero-order valence-corrected chi connectivity index (χ0v) is 6.44. The van der Waals surface area contributed by atoms with Crippen molar-refractivity contribution < 1.29 is 18.8 Å². The minimum atomic E-state index is -4.05. The molecule has 60 valence electrons. The van der Waals surface area contributed by atoms with Crippen molar-refractivity contribution in [3.05, 3.63) is 30.0 Å². The molecule has 0 aliphatic carbocycles. The van der Waals surface area contributed by atoms with E-state index in [9.17, 15) is 4.57 Å². The predicted octanol–water partition coefficient (Wildman–Crippen LogP) is 1.43. The summed E-state index contributed by atoms with van der Waals surface area (Å²) in [5.41, 5.74) is 0. The van der Waals surface area contributed by atoms with Crippen molar-refractivity contribution in [3.63, 3.8) is 0 Å². The first-order chi connectivity index (χ1) is 5.08. The van der Waals surface area contributed by atoms with Gasteiger partial charge < -0.3 is 14.2 Å². The van der Waals surface area contributed by atoms with E-state index < -0.39 is 7.60 Å². The smallest absolute Gasteiger partial charge is 0.349 e. The van der Waals surface area contributed by atoms with Crippen LogP contribution in [0.1, 0.15) is 5.76 Å². The Morgan fingerprint density at radius 3 is 2.73 bits per heavy atom. The van der Waals surface area contributed by atoms with Gasteiger partial charge in [0.05, 0.1) is 6.26 Å². The molecule has 1 rings (SSSR count). The van der Waals surface area contributed by atoms with Crippen LogP contribution in [0.2, 0.25) is 0 Å². The van der Waals surface area contributed by atoms with E-state index in [-0.39, 0.29) is 0 Å². The van der Waals surface area contributed by atoms with Gasteiger partial charge in [0, 0.05) is 5.82 Å². The van der Waals surface area contributed by atoms with E-state index in [0.717, 1.165) is 5.82 Å². The van der Waals surface area contributed by atoms with E-state index in [1.807, 2.05) is 0 Å². The molecule has 1 aromatic rings. The highest BCUT2D eigenvalue weighted by Crippen LogP contribution is 2.36. The molecule has 0 saturated carbocycles. The molecular weight excluding hydrogens is 167 g/mol. The average Bonchev–Trinajstić information content (AvgIpc) is 2.32. The third-order valence-corrected chi connectivity index (χ3v) is 1.51. The van der Waals surface area contributed by atoms with Gasteiger partial charge in [-0.2, -0.15) is 0 Å². The Labute approximate surface area is 63.3 Å². The quantitative estimate of drug-likeness (QED) is 0.665. The fourth-order valence-corrected chi connectivity index (χ4v) is 0.898. The maximum Gasteiger partial charge on any atom is 0.349 e. The fourth-order valence-electron chi connectivity index (χ4n) is 0.557. The van der Waals surface area contributed by atoms with Gasteiger partial charge in [-0.1, -0.05) is 0 Å². The molecule has 1 aromatic heterocycles. The SMILES string of the molecule is O=P(O)(O)/C=C/c1ccco1. The highest BCUT2D eigenvalue weighted by molar-refractivity contribution is 7.55. The molecule has 1 heterocycles. The van der Waals surface area contributed by atoms with Crippen LogP contribution < -0.4 is 0 Å². The highest BCUT2D eigenvalue weighted by atomic mass is 31.2. The standard InChI is InChI=1S/C6H7O4P/c7-11(8,9)5-3-6-2-1-4-10-6/h1-5H,(H2,7,8,9)/b5-3+. The van der Waals surface area contributed by atoms with Crippen molar-refractivity contribution in [3.8, 4) is 0 Å². The van der Waals surface area contributed by atoms with Crippen molar-refractivity contribution in [2.24, 2.45) is 0 Å². The Kier molecular flexibility index (Phi) is 2.29. The molecule has 0 unspecified atom stereocenters. The van der Waals surface area contributed by atoms with Crippen LogP contribution in [0.15, 0.2) is 28.6 Å². The Morgan fingerprint density at radius 1 is 1.55 bits per heavy atom. The number of furan rings is 1. The van der Waals surface area contributed by atoms with Gasteiger partial charge in [0.1, 0.15) is 5.76 Å². The van der Waals surface area contributed by atoms with Crippen molar-refractivity contribution in [1.82, 2.24) is 0 Å². The van der Waals surface area contributed by atoms with Crippen LogP contribution >= 0.6 is 7.60 Å².